The Morgan fingerprint density at radius 2 is 1.75 bits per heavy atom. The van der Waals surface area contributed by atoms with Gasteiger partial charge in [-0.15, -0.1) is 0 Å². The molecule has 2 nitrogen and oxygen atoms in total. The van der Waals surface area contributed by atoms with E-state index in [2.05, 4.69) is 0 Å². The van der Waals surface area contributed by atoms with Gasteiger partial charge in [0.05, 0.1) is 0 Å². The zero-order valence-corrected chi connectivity index (χ0v) is 9.06. The number of phenolic OH excluding ortho intramolecular Hbond substituents is 1. The van der Waals surface area contributed by atoms with Crippen molar-refractivity contribution in [1.82, 2.24) is 0 Å². The van der Waals surface area contributed by atoms with E-state index in [1.54, 1.807) is 6.07 Å². The molecule has 3 N–H and O–H groups in total. The molecule has 1 aliphatic carbocycles. The predicted molar refractivity (Wildman–Crippen MR) is 65.3 cm³/mol. The third kappa shape index (κ3) is 1.46. The summed E-state index contributed by atoms with van der Waals surface area (Å²) in [7, 11) is 0. The number of aromatic hydroxyl groups is 1. The van der Waals surface area contributed by atoms with E-state index in [0.717, 1.165) is 16.3 Å². The van der Waals surface area contributed by atoms with E-state index in [9.17, 15) is 5.11 Å². The topological polar surface area (TPSA) is 46.2 Å². The van der Waals surface area contributed by atoms with E-state index in [1.807, 2.05) is 30.3 Å². The van der Waals surface area contributed by atoms with Gasteiger partial charge in [0.2, 0.25) is 0 Å². The molecule has 2 aromatic carbocycles. The first-order chi connectivity index (χ1) is 7.77. The molecule has 0 bridgehead atoms. The maximum Gasteiger partial charge on any atom is 0.123 e. The van der Waals surface area contributed by atoms with Gasteiger partial charge < -0.3 is 10.8 Å². The monoisotopic (exact) mass is 213 g/mol. The summed E-state index contributed by atoms with van der Waals surface area (Å²) in [6.07, 6.45) is 2.47. The Morgan fingerprint density at radius 1 is 1.06 bits per heavy atom. The van der Waals surface area contributed by atoms with Crippen LogP contribution in [0.25, 0.3) is 10.8 Å². The van der Waals surface area contributed by atoms with Gasteiger partial charge in [-0.1, -0.05) is 30.3 Å². The van der Waals surface area contributed by atoms with Gasteiger partial charge in [0, 0.05) is 11.4 Å². The molecule has 1 saturated carbocycles. The van der Waals surface area contributed by atoms with Crippen molar-refractivity contribution in [3.05, 3.63) is 42.0 Å². The molecule has 1 atom stereocenters. The molecular weight excluding hydrogens is 198 g/mol. The molecule has 0 spiro atoms. The summed E-state index contributed by atoms with van der Waals surface area (Å²) in [6.45, 7) is 0. The number of phenols is 1. The van der Waals surface area contributed by atoms with Crippen LogP contribution in [0, 0.1) is 5.92 Å². The summed E-state index contributed by atoms with van der Waals surface area (Å²) in [6, 6.07) is 11.7. The minimum Gasteiger partial charge on any atom is -0.507 e. The Hall–Kier alpha value is -1.54. The molecule has 0 radical (unpaired) electrons. The highest BCUT2D eigenvalue weighted by atomic mass is 16.3. The fraction of sp³-hybridized carbons (Fsp3) is 0.286. The quantitative estimate of drug-likeness (QED) is 0.805. The molecule has 0 heterocycles. The van der Waals surface area contributed by atoms with Crippen LogP contribution in [0.15, 0.2) is 36.4 Å². The molecule has 2 aromatic rings. The van der Waals surface area contributed by atoms with Gasteiger partial charge in [0.15, 0.2) is 0 Å². The highest BCUT2D eigenvalue weighted by Crippen LogP contribution is 2.42. The first-order valence-electron chi connectivity index (χ1n) is 5.73. The maximum atomic E-state index is 9.79. The number of fused-ring (bicyclic) bond motifs is 1. The van der Waals surface area contributed by atoms with Gasteiger partial charge >= 0.3 is 0 Å². The summed E-state index contributed by atoms with van der Waals surface area (Å²) in [5.41, 5.74) is 7.40. The highest BCUT2D eigenvalue weighted by Gasteiger charge is 2.30. The van der Waals surface area contributed by atoms with Gasteiger partial charge in [-0.05, 0) is 35.8 Å². The summed E-state index contributed by atoms with van der Waals surface area (Å²) in [5, 5.41) is 11.8. The molecule has 16 heavy (non-hydrogen) atoms. The summed E-state index contributed by atoms with van der Waals surface area (Å²) in [5.74, 6) is 0.968. The van der Waals surface area contributed by atoms with E-state index < -0.39 is 0 Å². The first-order valence-corrected chi connectivity index (χ1v) is 5.73. The molecule has 2 heteroatoms. The largest absolute Gasteiger partial charge is 0.507 e. The first kappa shape index (κ1) is 9.67. The minimum atomic E-state index is 0.116. The van der Waals surface area contributed by atoms with Crippen molar-refractivity contribution >= 4 is 10.8 Å². The summed E-state index contributed by atoms with van der Waals surface area (Å²) < 4.78 is 0. The van der Waals surface area contributed by atoms with Crippen molar-refractivity contribution in [3.63, 3.8) is 0 Å². The van der Waals surface area contributed by atoms with Crippen LogP contribution in [-0.4, -0.2) is 5.11 Å². The molecule has 1 unspecified atom stereocenters. The Morgan fingerprint density at radius 3 is 2.44 bits per heavy atom. The van der Waals surface area contributed by atoms with E-state index in [0.29, 0.717) is 11.7 Å². The SMILES string of the molecule is NC(c1ccc(O)c2ccccc12)C1CC1. The molecular formula is C14H15NO. The van der Waals surface area contributed by atoms with Crippen molar-refractivity contribution < 1.29 is 5.11 Å². The fourth-order valence-electron chi connectivity index (χ4n) is 2.31. The molecule has 3 rings (SSSR count). The number of rotatable bonds is 2. The normalized spacial score (nSPS) is 17.6. The van der Waals surface area contributed by atoms with E-state index in [4.69, 9.17) is 5.73 Å². The lowest BCUT2D eigenvalue weighted by Gasteiger charge is -2.14. The van der Waals surface area contributed by atoms with Crippen LogP contribution in [-0.2, 0) is 0 Å². The smallest absolute Gasteiger partial charge is 0.123 e. The van der Waals surface area contributed by atoms with Crippen LogP contribution in [0.4, 0.5) is 0 Å². The van der Waals surface area contributed by atoms with Crippen molar-refractivity contribution in [2.24, 2.45) is 11.7 Å². The van der Waals surface area contributed by atoms with Gasteiger partial charge in [0.25, 0.3) is 0 Å². The standard InChI is InChI=1S/C14H15NO/c15-14(9-5-6-9)12-7-8-13(16)11-4-2-1-3-10(11)12/h1-4,7-9,14,16H,5-6,15H2. The van der Waals surface area contributed by atoms with E-state index in [1.165, 1.54) is 12.8 Å². The van der Waals surface area contributed by atoms with Crippen LogP contribution in [0.5, 0.6) is 5.75 Å². The maximum absolute atomic E-state index is 9.79. The van der Waals surface area contributed by atoms with Crippen molar-refractivity contribution in [2.45, 2.75) is 18.9 Å². The number of benzene rings is 2. The van der Waals surface area contributed by atoms with Crippen LogP contribution < -0.4 is 5.73 Å². The van der Waals surface area contributed by atoms with Gasteiger partial charge in [-0.25, -0.2) is 0 Å². The third-order valence-electron chi connectivity index (χ3n) is 3.42. The average Bonchev–Trinajstić information content (AvgIpc) is 3.13. The minimum absolute atomic E-state index is 0.116. The Bertz CT molecular complexity index is 531. The second-order valence-corrected chi connectivity index (χ2v) is 4.58. The van der Waals surface area contributed by atoms with Crippen LogP contribution in [0.2, 0.25) is 0 Å². The third-order valence-corrected chi connectivity index (χ3v) is 3.42. The van der Waals surface area contributed by atoms with Gasteiger partial charge in [-0.2, -0.15) is 0 Å². The summed E-state index contributed by atoms with van der Waals surface area (Å²) in [4.78, 5) is 0. The molecule has 0 saturated heterocycles. The van der Waals surface area contributed by atoms with Crippen LogP contribution in [0.3, 0.4) is 0 Å². The van der Waals surface area contributed by atoms with Gasteiger partial charge in [0.1, 0.15) is 5.75 Å². The fourth-order valence-corrected chi connectivity index (χ4v) is 2.31. The molecule has 82 valence electrons. The number of hydrogen-bond donors (Lipinski definition) is 2. The van der Waals surface area contributed by atoms with Crippen molar-refractivity contribution in [1.29, 1.82) is 0 Å². The molecule has 1 fully saturated rings. The highest BCUT2D eigenvalue weighted by molar-refractivity contribution is 5.91. The molecule has 0 aromatic heterocycles. The van der Waals surface area contributed by atoms with Crippen LogP contribution >= 0.6 is 0 Å². The number of hydrogen-bond acceptors (Lipinski definition) is 2. The van der Waals surface area contributed by atoms with E-state index in [-0.39, 0.29) is 6.04 Å². The lowest BCUT2D eigenvalue weighted by molar-refractivity contribution is 0.481. The molecule has 0 amide bonds. The zero-order chi connectivity index (χ0) is 11.1. The molecule has 0 aliphatic heterocycles. The van der Waals surface area contributed by atoms with Crippen LogP contribution in [0.1, 0.15) is 24.4 Å². The second-order valence-electron chi connectivity index (χ2n) is 4.58. The van der Waals surface area contributed by atoms with Gasteiger partial charge in [-0.3, -0.25) is 0 Å². The average molecular weight is 213 g/mol. The Balaban J connectivity index is 2.20. The molecule has 1 aliphatic rings. The predicted octanol–water partition coefficient (Wildman–Crippen LogP) is 2.96. The Kier molecular flexibility index (Phi) is 2.11. The van der Waals surface area contributed by atoms with Crippen molar-refractivity contribution in [3.8, 4) is 5.75 Å². The van der Waals surface area contributed by atoms with E-state index >= 15 is 0 Å². The Labute approximate surface area is 94.7 Å². The second kappa shape index (κ2) is 3.49. The van der Waals surface area contributed by atoms with Crippen molar-refractivity contribution in [2.75, 3.05) is 0 Å². The summed E-state index contributed by atoms with van der Waals surface area (Å²) >= 11 is 0. The zero-order valence-electron chi connectivity index (χ0n) is 9.06. The lowest BCUT2D eigenvalue weighted by Crippen LogP contribution is -2.12. The lowest BCUT2D eigenvalue weighted by atomic mass is 9.96. The number of nitrogens with two attached hydrogens (primary N) is 1.